The predicted octanol–water partition coefficient (Wildman–Crippen LogP) is 3.68. The molecule has 0 spiro atoms. The van der Waals surface area contributed by atoms with E-state index >= 15 is 0 Å². The number of benzene rings is 2. The monoisotopic (exact) mass is 324 g/mol. The van der Waals surface area contributed by atoms with Crippen LogP contribution >= 0.6 is 0 Å². The number of methoxy groups -OCH3 is 2. The Morgan fingerprint density at radius 2 is 1.88 bits per heavy atom. The van der Waals surface area contributed by atoms with Gasteiger partial charge in [0.25, 0.3) is 5.91 Å². The first-order valence-corrected chi connectivity index (χ1v) is 7.73. The summed E-state index contributed by atoms with van der Waals surface area (Å²) in [5.74, 6) is 1.27. The highest BCUT2D eigenvalue weighted by Gasteiger charge is 2.17. The molecule has 24 heavy (non-hydrogen) atoms. The third-order valence-electron chi connectivity index (χ3n) is 4.03. The molecule has 0 aliphatic carbocycles. The molecule has 0 radical (unpaired) electrons. The van der Waals surface area contributed by atoms with Crippen molar-refractivity contribution >= 4 is 16.8 Å². The maximum Gasteiger partial charge on any atom is 0.268 e. The molecule has 1 aromatic heterocycles. The van der Waals surface area contributed by atoms with Crippen LogP contribution in [0.5, 0.6) is 11.5 Å². The number of carbonyl (C=O) groups is 1. The van der Waals surface area contributed by atoms with Crippen LogP contribution in [0.1, 0.15) is 29.0 Å². The lowest BCUT2D eigenvalue weighted by molar-refractivity contribution is 0.0935. The van der Waals surface area contributed by atoms with Gasteiger partial charge in [0.2, 0.25) is 0 Å². The first-order chi connectivity index (χ1) is 11.6. The number of nitrogens with one attached hydrogen (secondary N) is 2. The second kappa shape index (κ2) is 6.66. The molecule has 0 fully saturated rings. The quantitative estimate of drug-likeness (QED) is 0.752. The van der Waals surface area contributed by atoms with E-state index in [4.69, 9.17) is 9.47 Å². The fourth-order valence-corrected chi connectivity index (χ4v) is 2.73. The molecule has 0 saturated heterocycles. The minimum atomic E-state index is -0.228. The number of aromatic amines is 1. The molecule has 3 aromatic rings. The van der Waals surface area contributed by atoms with E-state index in [0.717, 1.165) is 22.2 Å². The zero-order valence-electron chi connectivity index (χ0n) is 13.9. The van der Waals surface area contributed by atoms with Gasteiger partial charge in [0, 0.05) is 16.5 Å². The fraction of sp³-hybridized carbons (Fsp3) is 0.211. The van der Waals surface area contributed by atoms with Crippen LogP contribution in [-0.2, 0) is 0 Å². The van der Waals surface area contributed by atoms with Gasteiger partial charge in [-0.2, -0.15) is 0 Å². The van der Waals surface area contributed by atoms with Crippen molar-refractivity contribution in [3.63, 3.8) is 0 Å². The molecular weight excluding hydrogens is 304 g/mol. The smallest absolute Gasteiger partial charge is 0.268 e. The number of carbonyl (C=O) groups excluding carboxylic acids is 1. The summed E-state index contributed by atoms with van der Waals surface area (Å²) >= 11 is 0. The Labute approximate surface area is 140 Å². The molecule has 1 heterocycles. The van der Waals surface area contributed by atoms with Gasteiger partial charge < -0.3 is 19.8 Å². The van der Waals surface area contributed by atoms with Crippen molar-refractivity contribution in [1.29, 1.82) is 0 Å². The Kier molecular flexibility index (Phi) is 4.42. The molecule has 5 heteroatoms. The van der Waals surface area contributed by atoms with Gasteiger partial charge in [0.1, 0.15) is 17.2 Å². The molecule has 0 bridgehead atoms. The molecule has 124 valence electrons. The van der Waals surface area contributed by atoms with Gasteiger partial charge in [-0.1, -0.05) is 18.2 Å². The average Bonchev–Trinajstić information content (AvgIpc) is 3.05. The molecule has 0 saturated carbocycles. The van der Waals surface area contributed by atoms with Crippen molar-refractivity contribution in [3.8, 4) is 11.5 Å². The van der Waals surface area contributed by atoms with Crippen molar-refractivity contribution < 1.29 is 14.3 Å². The SMILES string of the molecule is COc1ccc(OC)c(C(C)NC(=O)c2cc3ccccc3[nH]2)c1. The summed E-state index contributed by atoms with van der Waals surface area (Å²) in [7, 11) is 3.22. The van der Waals surface area contributed by atoms with Crippen LogP contribution in [0.2, 0.25) is 0 Å². The van der Waals surface area contributed by atoms with Crippen LogP contribution in [0.25, 0.3) is 10.9 Å². The molecule has 1 atom stereocenters. The van der Waals surface area contributed by atoms with Crippen LogP contribution in [-0.4, -0.2) is 25.1 Å². The lowest BCUT2D eigenvalue weighted by Gasteiger charge is -2.18. The van der Waals surface area contributed by atoms with Gasteiger partial charge in [-0.3, -0.25) is 4.79 Å². The van der Waals surface area contributed by atoms with E-state index < -0.39 is 0 Å². The number of hydrogen-bond acceptors (Lipinski definition) is 3. The van der Waals surface area contributed by atoms with Crippen LogP contribution in [0.3, 0.4) is 0 Å². The van der Waals surface area contributed by atoms with Crippen molar-refractivity contribution in [2.45, 2.75) is 13.0 Å². The van der Waals surface area contributed by atoms with Crippen LogP contribution in [0, 0.1) is 0 Å². The highest BCUT2D eigenvalue weighted by molar-refractivity contribution is 5.98. The maximum absolute atomic E-state index is 12.5. The molecule has 0 aliphatic rings. The van der Waals surface area contributed by atoms with Gasteiger partial charge in [-0.05, 0) is 37.3 Å². The average molecular weight is 324 g/mol. The van der Waals surface area contributed by atoms with E-state index in [-0.39, 0.29) is 11.9 Å². The third kappa shape index (κ3) is 3.06. The van der Waals surface area contributed by atoms with Crippen molar-refractivity contribution in [2.24, 2.45) is 0 Å². The summed E-state index contributed by atoms with van der Waals surface area (Å²) in [6.07, 6.45) is 0. The molecule has 2 N–H and O–H groups in total. The van der Waals surface area contributed by atoms with Gasteiger partial charge in [-0.15, -0.1) is 0 Å². The van der Waals surface area contributed by atoms with E-state index in [1.165, 1.54) is 0 Å². The Balaban J connectivity index is 1.83. The van der Waals surface area contributed by atoms with Gasteiger partial charge in [0.05, 0.1) is 20.3 Å². The number of rotatable bonds is 5. The molecule has 0 aliphatic heterocycles. The molecular formula is C19H20N2O3. The summed E-state index contributed by atoms with van der Waals surface area (Å²) in [4.78, 5) is 15.7. The number of ether oxygens (including phenoxy) is 2. The van der Waals surface area contributed by atoms with Crippen LogP contribution in [0.4, 0.5) is 0 Å². The first-order valence-electron chi connectivity index (χ1n) is 7.73. The number of amides is 1. The number of H-pyrrole nitrogens is 1. The fourth-order valence-electron chi connectivity index (χ4n) is 2.73. The molecule has 3 rings (SSSR count). The maximum atomic E-state index is 12.5. The lowest BCUT2D eigenvalue weighted by Crippen LogP contribution is -2.27. The summed E-state index contributed by atoms with van der Waals surface area (Å²) in [5.41, 5.74) is 2.33. The number of fused-ring (bicyclic) bond motifs is 1. The number of para-hydroxylation sites is 1. The normalized spacial score (nSPS) is 12.0. The van der Waals surface area contributed by atoms with E-state index in [1.807, 2.05) is 55.5 Å². The van der Waals surface area contributed by atoms with Crippen molar-refractivity contribution in [3.05, 3.63) is 59.8 Å². The molecule has 2 aromatic carbocycles. The molecule has 1 unspecified atom stereocenters. The highest BCUT2D eigenvalue weighted by atomic mass is 16.5. The van der Waals surface area contributed by atoms with Crippen LogP contribution in [0.15, 0.2) is 48.5 Å². The van der Waals surface area contributed by atoms with Gasteiger partial charge in [0.15, 0.2) is 0 Å². The number of aromatic nitrogens is 1. The third-order valence-corrected chi connectivity index (χ3v) is 4.03. The van der Waals surface area contributed by atoms with Gasteiger partial charge >= 0.3 is 0 Å². The Morgan fingerprint density at radius 3 is 2.58 bits per heavy atom. The molecule has 5 nitrogen and oxygen atoms in total. The topological polar surface area (TPSA) is 63.4 Å². The van der Waals surface area contributed by atoms with E-state index in [2.05, 4.69) is 10.3 Å². The van der Waals surface area contributed by atoms with E-state index in [9.17, 15) is 4.79 Å². The number of hydrogen-bond donors (Lipinski definition) is 2. The minimum absolute atomic E-state index is 0.163. The first kappa shape index (κ1) is 15.9. The summed E-state index contributed by atoms with van der Waals surface area (Å²) in [5, 5.41) is 4.00. The lowest BCUT2D eigenvalue weighted by atomic mass is 10.1. The van der Waals surface area contributed by atoms with E-state index in [0.29, 0.717) is 11.4 Å². The van der Waals surface area contributed by atoms with E-state index in [1.54, 1.807) is 14.2 Å². The highest BCUT2D eigenvalue weighted by Crippen LogP contribution is 2.29. The Bertz CT molecular complexity index is 837. The zero-order valence-corrected chi connectivity index (χ0v) is 13.9. The second-order valence-electron chi connectivity index (χ2n) is 5.57. The van der Waals surface area contributed by atoms with Crippen LogP contribution < -0.4 is 14.8 Å². The van der Waals surface area contributed by atoms with Gasteiger partial charge in [-0.25, -0.2) is 0 Å². The zero-order chi connectivity index (χ0) is 17.1. The van der Waals surface area contributed by atoms with Crippen molar-refractivity contribution in [1.82, 2.24) is 10.3 Å². The molecule has 1 amide bonds. The summed E-state index contributed by atoms with van der Waals surface area (Å²) < 4.78 is 10.6. The predicted molar refractivity (Wildman–Crippen MR) is 93.7 cm³/mol. The summed E-state index contributed by atoms with van der Waals surface area (Å²) in [6, 6.07) is 14.9. The summed E-state index contributed by atoms with van der Waals surface area (Å²) in [6.45, 7) is 1.91. The largest absolute Gasteiger partial charge is 0.497 e. The second-order valence-corrected chi connectivity index (χ2v) is 5.57. The standard InChI is InChI=1S/C19H20N2O3/c1-12(15-11-14(23-2)8-9-18(15)24-3)20-19(22)17-10-13-6-4-5-7-16(13)21-17/h4-12,21H,1-3H3,(H,20,22). The van der Waals surface area contributed by atoms with Crippen molar-refractivity contribution in [2.75, 3.05) is 14.2 Å². The Hall–Kier alpha value is -2.95. The Morgan fingerprint density at radius 1 is 1.08 bits per heavy atom. The minimum Gasteiger partial charge on any atom is -0.497 e.